The van der Waals surface area contributed by atoms with Crippen LogP contribution in [-0.2, 0) is 6.42 Å². The minimum absolute atomic E-state index is 1.16. The van der Waals surface area contributed by atoms with Gasteiger partial charge < -0.3 is 0 Å². The van der Waals surface area contributed by atoms with Crippen molar-refractivity contribution in [3.8, 4) is 0 Å². The van der Waals surface area contributed by atoms with E-state index in [0.717, 1.165) is 6.42 Å². The first-order valence-corrected chi connectivity index (χ1v) is 4.87. The van der Waals surface area contributed by atoms with E-state index in [0.29, 0.717) is 0 Å². The molecular weight excluding hydrogens is 156 g/mol. The molecule has 0 heterocycles. The average Bonchev–Trinajstić information content (AvgIpc) is 2.15. The summed E-state index contributed by atoms with van der Waals surface area (Å²) in [6, 6.07) is 10.7. The molecule has 0 heteroatoms. The zero-order valence-corrected chi connectivity index (χ0v) is 8.80. The Morgan fingerprint density at radius 1 is 1.00 bits per heavy atom. The van der Waals surface area contributed by atoms with Gasteiger partial charge in [0.1, 0.15) is 0 Å². The van der Waals surface area contributed by atoms with Crippen molar-refractivity contribution in [2.75, 3.05) is 0 Å². The van der Waals surface area contributed by atoms with Gasteiger partial charge in [-0.15, -0.1) is 0 Å². The molecule has 0 saturated carbocycles. The van der Waals surface area contributed by atoms with Gasteiger partial charge in [0, 0.05) is 0 Å². The average molecular weight is 174 g/mol. The van der Waals surface area contributed by atoms with E-state index in [1.165, 1.54) is 23.1 Å². The number of hydrogen-bond acceptors (Lipinski definition) is 0. The van der Waals surface area contributed by atoms with E-state index in [9.17, 15) is 0 Å². The third kappa shape index (κ3) is 3.45. The fraction of sp³-hybridized carbons (Fsp3) is 0.385. The van der Waals surface area contributed by atoms with Crippen LogP contribution in [0, 0.1) is 0 Å². The van der Waals surface area contributed by atoms with Crippen LogP contribution in [0.4, 0.5) is 0 Å². The van der Waals surface area contributed by atoms with Gasteiger partial charge >= 0.3 is 0 Å². The van der Waals surface area contributed by atoms with E-state index in [-0.39, 0.29) is 0 Å². The largest absolute Gasteiger partial charge is 0.0775 e. The molecular formula is C13H18. The highest BCUT2D eigenvalue weighted by Gasteiger charge is 1.94. The van der Waals surface area contributed by atoms with Gasteiger partial charge in [-0.25, -0.2) is 0 Å². The van der Waals surface area contributed by atoms with E-state index in [1.54, 1.807) is 0 Å². The van der Waals surface area contributed by atoms with Gasteiger partial charge in [-0.2, -0.15) is 0 Å². The van der Waals surface area contributed by atoms with Crippen molar-refractivity contribution in [1.29, 1.82) is 0 Å². The molecule has 0 spiro atoms. The second kappa shape index (κ2) is 4.86. The molecule has 0 fully saturated rings. The summed E-state index contributed by atoms with van der Waals surface area (Å²) >= 11 is 0. The smallest absolute Gasteiger partial charge is 0.0241 e. The third-order valence-electron chi connectivity index (χ3n) is 2.49. The van der Waals surface area contributed by atoms with Crippen LogP contribution in [0.15, 0.2) is 41.5 Å². The molecule has 0 aromatic heterocycles. The summed E-state index contributed by atoms with van der Waals surface area (Å²) < 4.78 is 0. The lowest BCUT2D eigenvalue weighted by atomic mass is 10.0. The van der Waals surface area contributed by atoms with Gasteiger partial charge in [-0.3, -0.25) is 0 Å². The lowest BCUT2D eigenvalue weighted by molar-refractivity contribution is 0.922. The predicted octanol–water partition coefficient (Wildman–Crippen LogP) is 3.98. The first-order valence-electron chi connectivity index (χ1n) is 4.87. The van der Waals surface area contributed by atoms with Crippen LogP contribution in [0.25, 0.3) is 0 Å². The van der Waals surface area contributed by atoms with Crippen LogP contribution in [0.2, 0.25) is 0 Å². The molecule has 70 valence electrons. The Bertz CT molecular complexity index is 276. The molecule has 0 aliphatic heterocycles. The zero-order valence-electron chi connectivity index (χ0n) is 8.80. The molecule has 0 aliphatic carbocycles. The van der Waals surface area contributed by atoms with Crippen LogP contribution in [0.5, 0.6) is 0 Å². The predicted molar refractivity (Wildman–Crippen MR) is 58.8 cm³/mol. The Balaban J connectivity index is 2.49. The van der Waals surface area contributed by atoms with Crippen molar-refractivity contribution in [3.05, 3.63) is 47.0 Å². The molecule has 0 atom stereocenters. The number of allylic oxidation sites excluding steroid dienone is 2. The Morgan fingerprint density at radius 2 is 1.62 bits per heavy atom. The zero-order chi connectivity index (χ0) is 9.68. The van der Waals surface area contributed by atoms with E-state index < -0.39 is 0 Å². The van der Waals surface area contributed by atoms with Gasteiger partial charge in [0.05, 0.1) is 0 Å². The fourth-order valence-corrected chi connectivity index (χ4v) is 1.23. The molecule has 1 rings (SSSR count). The summed E-state index contributed by atoms with van der Waals surface area (Å²) in [5, 5.41) is 0. The molecule has 0 nitrogen and oxygen atoms in total. The van der Waals surface area contributed by atoms with Gasteiger partial charge in [0.25, 0.3) is 0 Å². The van der Waals surface area contributed by atoms with E-state index in [1.807, 2.05) is 0 Å². The van der Waals surface area contributed by atoms with Crippen molar-refractivity contribution in [2.45, 2.75) is 33.6 Å². The van der Waals surface area contributed by atoms with E-state index in [4.69, 9.17) is 0 Å². The number of hydrogen-bond donors (Lipinski definition) is 0. The normalized spacial score (nSPS) is 9.77. The van der Waals surface area contributed by atoms with Gasteiger partial charge in [0.15, 0.2) is 0 Å². The maximum atomic E-state index is 2.22. The highest BCUT2D eigenvalue weighted by Crippen LogP contribution is 2.11. The van der Waals surface area contributed by atoms with Gasteiger partial charge in [0.2, 0.25) is 0 Å². The van der Waals surface area contributed by atoms with Crippen LogP contribution in [0.1, 0.15) is 32.8 Å². The SMILES string of the molecule is CC(C)=C(C)CCc1ccccc1. The standard InChI is InChI=1S/C13H18/c1-11(2)12(3)9-10-13-7-5-4-6-8-13/h4-8H,9-10H2,1-3H3. The molecule has 0 amide bonds. The summed E-state index contributed by atoms with van der Waals surface area (Å²) in [6.45, 7) is 6.58. The lowest BCUT2D eigenvalue weighted by Crippen LogP contribution is -1.87. The Hall–Kier alpha value is -1.04. The van der Waals surface area contributed by atoms with Crippen molar-refractivity contribution in [1.82, 2.24) is 0 Å². The summed E-state index contributed by atoms with van der Waals surface area (Å²) in [5.74, 6) is 0. The van der Waals surface area contributed by atoms with E-state index >= 15 is 0 Å². The van der Waals surface area contributed by atoms with Crippen molar-refractivity contribution in [3.63, 3.8) is 0 Å². The van der Waals surface area contributed by atoms with Crippen LogP contribution in [-0.4, -0.2) is 0 Å². The minimum atomic E-state index is 1.16. The van der Waals surface area contributed by atoms with Gasteiger partial charge in [-0.1, -0.05) is 41.5 Å². The molecule has 0 aliphatic rings. The molecule has 0 saturated heterocycles. The third-order valence-corrected chi connectivity index (χ3v) is 2.49. The molecule has 1 aromatic carbocycles. The molecule has 0 N–H and O–H groups in total. The molecule has 0 unspecified atom stereocenters. The molecule has 13 heavy (non-hydrogen) atoms. The van der Waals surface area contributed by atoms with Crippen LogP contribution in [0.3, 0.4) is 0 Å². The Labute approximate surface area is 81.3 Å². The number of benzene rings is 1. The highest BCUT2D eigenvalue weighted by atomic mass is 14.0. The Morgan fingerprint density at radius 3 is 2.15 bits per heavy atom. The van der Waals surface area contributed by atoms with Gasteiger partial charge in [-0.05, 0) is 39.2 Å². The first kappa shape index (κ1) is 10.0. The highest BCUT2D eigenvalue weighted by molar-refractivity contribution is 5.17. The van der Waals surface area contributed by atoms with E-state index in [2.05, 4.69) is 51.1 Å². The molecule has 0 bridgehead atoms. The molecule has 0 radical (unpaired) electrons. The summed E-state index contributed by atoms with van der Waals surface area (Å²) in [7, 11) is 0. The van der Waals surface area contributed by atoms with Crippen LogP contribution >= 0.6 is 0 Å². The second-order valence-electron chi connectivity index (χ2n) is 3.77. The first-order chi connectivity index (χ1) is 6.20. The summed E-state index contributed by atoms with van der Waals surface area (Å²) in [4.78, 5) is 0. The van der Waals surface area contributed by atoms with Crippen LogP contribution < -0.4 is 0 Å². The maximum absolute atomic E-state index is 2.22. The van der Waals surface area contributed by atoms with Crippen molar-refractivity contribution >= 4 is 0 Å². The molecule has 1 aromatic rings. The van der Waals surface area contributed by atoms with Crippen molar-refractivity contribution in [2.24, 2.45) is 0 Å². The lowest BCUT2D eigenvalue weighted by Gasteiger charge is -2.03. The maximum Gasteiger partial charge on any atom is -0.0241 e. The second-order valence-corrected chi connectivity index (χ2v) is 3.77. The summed E-state index contributed by atoms with van der Waals surface area (Å²) in [5.41, 5.74) is 4.41. The quantitative estimate of drug-likeness (QED) is 0.608. The summed E-state index contributed by atoms with van der Waals surface area (Å²) in [6.07, 6.45) is 2.35. The Kier molecular flexibility index (Phi) is 3.75. The minimum Gasteiger partial charge on any atom is -0.0775 e. The number of rotatable bonds is 3. The fourth-order valence-electron chi connectivity index (χ4n) is 1.23. The number of aryl methyl sites for hydroxylation is 1. The topological polar surface area (TPSA) is 0 Å². The van der Waals surface area contributed by atoms with Crippen molar-refractivity contribution < 1.29 is 0 Å². The monoisotopic (exact) mass is 174 g/mol.